The first-order valence-corrected chi connectivity index (χ1v) is 12.2. The number of hydrogen-bond donors (Lipinski definition) is 4. The van der Waals surface area contributed by atoms with Crippen molar-refractivity contribution >= 4 is 11.6 Å². The van der Waals surface area contributed by atoms with Gasteiger partial charge in [0.1, 0.15) is 35.7 Å². The second kappa shape index (κ2) is 11.9. The number of benzene rings is 1. The van der Waals surface area contributed by atoms with E-state index in [1.165, 1.54) is 6.20 Å². The molecule has 1 aliphatic carbocycles. The van der Waals surface area contributed by atoms with Crippen LogP contribution in [0, 0.1) is 23.4 Å². The first-order chi connectivity index (χ1) is 18.2. The summed E-state index contributed by atoms with van der Waals surface area (Å²) in [5.74, 6) is -4.12. The summed E-state index contributed by atoms with van der Waals surface area (Å²) < 4.78 is 49.6. The fourth-order valence-corrected chi connectivity index (χ4v) is 4.81. The Balaban J connectivity index is 1.62. The molecule has 1 aliphatic rings. The zero-order valence-electron chi connectivity index (χ0n) is 20.7. The van der Waals surface area contributed by atoms with E-state index in [4.69, 9.17) is 15.6 Å². The molecule has 0 aliphatic heterocycles. The number of halogens is 3. The van der Waals surface area contributed by atoms with E-state index in [0.717, 1.165) is 49.1 Å². The summed E-state index contributed by atoms with van der Waals surface area (Å²) in [6, 6.07) is 5.68. The van der Waals surface area contributed by atoms with Crippen LogP contribution in [-0.4, -0.2) is 51.4 Å². The van der Waals surface area contributed by atoms with Crippen LogP contribution < -0.4 is 15.8 Å². The van der Waals surface area contributed by atoms with Gasteiger partial charge in [0.15, 0.2) is 11.6 Å². The second-order valence-electron chi connectivity index (χ2n) is 9.60. The minimum atomic E-state index is -1.30. The van der Waals surface area contributed by atoms with Crippen molar-refractivity contribution in [3.63, 3.8) is 0 Å². The highest BCUT2D eigenvalue weighted by Gasteiger charge is 2.28. The van der Waals surface area contributed by atoms with Crippen molar-refractivity contribution in [3.8, 4) is 17.0 Å². The van der Waals surface area contributed by atoms with Crippen LogP contribution in [0.5, 0.6) is 5.75 Å². The maximum atomic E-state index is 15.1. The lowest BCUT2D eigenvalue weighted by Crippen LogP contribution is -2.31. The van der Waals surface area contributed by atoms with E-state index in [0.29, 0.717) is 11.6 Å². The summed E-state index contributed by atoms with van der Waals surface area (Å²) in [7, 11) is 0. The quantitative estimate of drug-likeness (QED) is 0.349. The zero-order valence-corrected chi connectivity index (χ0v) is 20.7. The molecule has 1 amide bonds. The Bertz CT molecular complexity index is 1300. The van der Waals surface area contributed by atoms with Crippen molar-refractivity contribution < 1.29 is 32.9 Å². The van der Waals surface area contributed by atoms with E-state index in [1.807, 2.05) is 6.07 Å². The number of carbonyl (C=O) groups is 1. The lowest BCUT2D eigenvalue weighted by atomic mass is 9.76. The zero-order chi connectivity index (χ0) is 27.4. The molecule has 2 heterocycles. The molecular formula is C27H29F3N4O4. The maximum absolute atomic E-state index is 15.1. The number of nitrogens with one attached hydrogen (secondary N) is 1. The highest BCUT2D eigenvalue weighted by Crippen LogP contribution is 2.38. The minimum absolute atomic E-state index is 0.0400. The number of aliphatic hydroxyl groups is 2. The fourth-order valence-electron chi connectivity index (χ4n) is 4.81. The summed E-state index contributed by atoms with van der Waals surface area (Å²) >= 11 is 0. The molecule has 0 saturated heterocycles. The number of rotatable bonds is 8. The van der Waals surface area contributed by atoms with Crippen molar-refractivity contribution in [3.05, 3.63) is 71.4 Å². The van der Waals surface area contributed by atoms with Gasteiger partial charge in [0.2, 0.25) is 0 Å². The molecule has 8 nitrogen and oxygen atoms in total. The van der Waals surface area contributed by atoms with E-state index < -0.39 is 59.7 Å². The smallest absolute Gasteiger partial charge is 0.274 e. The Kier molecular flexibility index (Phi) is 8.60. The average molecular weight is 531 g/mol. The normalized spacial score (nSPS) is 20.1. The van der Waals surface area contributed by atoms with Crippen molar-refractivity contribution in [2.75, 3.05) is 18.5 Å². The number of aliphatic hydroxyl groups excluding tert-OH is 2. The molecule has 4 rings (SSSR count). The molecule has 11 heteroatoms. The van der Waals surface area contributed by atoms with Gasteiger partial charge in [0, 0.05) is 12.2 Å². The molecule has 1 saturated carbocycles. The molecule has 3 aromatic rings. The molecule has 1 unspecified atom stereocenters. The molecule has 1 aromatic carbocycles. The van der Waals surface area contributed by atoms with Gasteiger partial charge in [-0.3, -0.25) is 9.78 Å². The number of nitrogens with zero attached hydrogens (tertiary/aromatic N) is 2. The summed E-state index contributed by atoms with van der Waals surface area (Å²) in [6.07, 6.45) is 4.41. The molecule has 202 valence electrons. The molecular weight excluding hydrogens is 501 g/mol. The number of amides is 1. The van der Waals surface area contributed by atoms with Gasteiger partial charge in [0.25, 0.3) is 5.91 Å². The van der Waals surface area contributed by atoms with Crippen LogP contribution in [0.3, 0.4) is 0 Å². The SMILES string of the molecule is C[C@@H]1C[C@H](N)C[C@H](c2ccncc2NC(=O)c2ccc(F)c(-c3c(F)ccc(OCC(O)CO)c3F)n2)C1. The van der Waals surface area contributed by atoms with Gasteiger partial charge in [-0.2, -0.15) is 0 Å². The number of nitrogens with two attached hydrogens (primary N) is 1. The third kappa shape index (κ3) is 6.12. The van der Waals surface area contributed by atoms with Crippen molar-refractivity contribution in [1.29, 1.82) is 0 Å². The Morgan fingerprint density at radius 1 is 1.16 bits per heavy atom. The van der Waals surface area contributed by atoms with E-state index in [1.54, 1.807) is 6.20 Å². The predicted octanol–water partition coefficient (Wildman–Crippen LogP) is 3.78. The van der Waals surface area contributed by atoms with Gasteiger partial charge >= 0.3 is 0 Å². The van der Waals surface area contributed by atoms with Gasteiger partial charge in [-0.05, 0) is 67.0 Å². The molecule has 1 fully saturated rings. The van der Waals surface area contributed by atoms with Gasteiger partial charge in [-0.15, -0.1) is 0 Å². The topological polar surface area (TPSA) is 131 Å². The van der Waals surface area contributed by atoms with E-state index in [9.17, 15) is 18.7 Å². The molecule has 0 radical (unpaired) electrons. The monoisotopic (exact) mass is 530 g/mol. The van der Waals surface area contributed by atoms with Crippen LogP contribution in [0.2, 0.25) is 0 Å². The van der Waals surface area contributed by atoms with E-state index in [-0.39, 0.29) is 17.7 Å². The Morgan fingerprint density at radius 2 is 1.92 bits per heavy atom. The van der Waals surface area contributed by atoms with Crippen LogP contribution in [0.1, 0.15) is 48.2 Å². The van der Waals surface area contributed by atoms with Crippen molar-refractivity contribution in [2.24, 2.45) is 11.7 Å². The number of pyridine rings is 2. The van der Waals surface area contributed by atoms with Gasteiger partial charge in [0.05, 0.1) is 24.1 Å². The Morgan fingerprint density at radius 3 is 2.66 bits per heavy atom. The molecule has 38 heavy (non-hydrogen) atoms. The predicted molar refractivity (Wildman–Crippen MR) is 134 cm³/mol. The highest BCUT2D eigenvalue weighted by molar-refractivity contribution is 6.03. The molecule has 5 N–H and O–H groups in total. The fraction of sp³-hybridized carbons (Fsp3) is 0.370. The summed E-state index contributed by atoms with van der Waals surface area (Å²) in [5, 5.41) is 21.1. The first kappa shape index (κ1) is 27.5. The summed E-state index contributed by atoms with van der Waals surface area (Å²) in [5.41, 5.74) is 5.70. The van der Waals surface area contributed by atoms with Crippen molar-refractivity contribution in [2.45, 2.75) is 44.2 Å². The second-order valence-corrected chi connectivity index (χ2v) is 9.60. The number of anilines is 1. The maximum Gasteiger partial charge on any atom is 0.274 e. The molecule has 4 atom stereocenters. The van der Waals surface area contributed by atoms with E-state index >= 15 is 4.39 Å². The highest BCUT2D eigenvalue weighted by atomic mass is 19.1. The lowest BCUT2D eigenvalue weighted by molar-refractivity contribution is 0.0523. The lowest BCUT2D eigenvalue weighted by Gasteiger charge is -2.32. The number of ether oxygens (including phenoxy) is 1. The molecule has 0 spiro atoms. The number of carbonyl (C=O) groups excluding carboxylic acids is 1. The molecule has 2 aromatic heterocycles. The van der Waals surface area contributed by atoms with E-state index in [2.05, 4.69) is 22.2 Å². The standard InChI is InChI=1S/C27H29F3N4O4/c1-14-8-15(10-16(31)9-14)18-6-7-32-11-22(18)34-27(37)21-4-2-20(29)26(33-21)24-19(28)3-5-23(25(24)30)38-13-17(36)12-35/h2-7,11,14-17,35-36H,8-10,12-13,31H2,1H3,(H,34,37)/t14-,15+,16-,17?/m0/s1. The van der Waals surface area contributed by atoms with Crippen LogP contribution in [-0.2, 0) is 0 Å². The third-order valence-electron chi connectivity index (χ3n) is 6.54. The average Bonchev–Trinajstić information content (AvgIpc) is 2.88. The van der Waals surface area contributed by atoms with Gasteiger partial charge < -0.3 is 26.0 Å². The number of aromatic nitrogens is 2. The summed E-state index contributed by atoms with van der Waals surface area (Å²) in [6.45, 7) is 1.02. The Labute approximate surface area is 217 Å². The van der Waals surface area contributed by atoms with Crippen LogP contribution in [0.4, 0.5) is 18.9 Å². The van der Waals surface area contributed by atoms with Crippen LogP contribution >= 0.6 is 0 Å². The molecule has 0 bridgehead atoms. The third-order valence-corrected chi connectivity index (χ3v) is 6.54. The largest absolute Gasteiger partial charge is 0.488 e. The van der Waals surface area contributed by atoms with Crippen molar-refractivity contribution in [1.82, 2.24) is 9.97 Å². The Hall–Kier alpha value is -3.54. The first-order valence-electron chi connectivity index (χ1n) is 12.2. The minimum Gasteiger partial charge on any atom is -0.488 e. The number of hydrogen-bond acceptors (Lipinski definition) is 7. The van der Waals surface area contributed by atoms with Crippen LogP contribution in [0.25, 0.3) is 11.3 Å². The van der Waals surface area contributed by atoms with Crippen LogP contribution in [0.15, 0.2) is 42.7 Å². The van der Waals surface area contributed by atoms with Gasteiger partial charge in [-0.1, -0.05) is 6.92 Å². The van der Waals surface area contributed by atoms with Gasteiger partial charge in [-0.25, -0.2) is 18.2 Å². The summed E-state index contributed by atoms with van der Waals surface area (Å²) in [4.78, 5) is 21.1.